The largest absolute Gasteiger partial charge is 0.482 e. The molecule has 1 N–H and O–H groups in total. The maximum atomic E-state index is 12.2. The molecule has 1 aromatic heterocycles. The third-order valence-corrected chi connectivity index (χ3v) is 3.88. The van der Waals surface area contributed by atoms with Crippen LogP contribution in [0, 0.1) is 0 Å². The van der Waals surface area contributed by atoms with Gasteiger partial charge in [0.2, 0.25) is 5.91 Å². The van der Waals surface area contributed by atoms with Gasteiger partial charge in [-0.15, -0.1) is 10.2 Å². The van der Waals surface area contributed by atoms with E-state index < -0.39 is 0 Å². The molecule has 24 heavy (non-hydrogen) atoms. The van der Waals surface area contributed by atoms with Crippen molar-refractivity contribution in [3.63, 3.8) is 0 Å². The summed E-state index contributed by atoms with van der Waals surface area (Å²) in [6, 6.07) is 4.96. The molecule has 126 valence electrons. The zero-order valence-corrected chi connectivity index (χ0v) is 13.8. The maximum absolute atomic E-state index is 12.2. The molecule has 0 aliphatic carbocycles. The van der Waals surface area contributed by atoms with Gasteiger partial charge in [0.1, 0.15) is 18.6 Å². The van der Waals surface area contributed by atoms with E-state index >= 15 is 0 Å². The summed E-state index contributed by atoms with van der Waals surface area (Å²) in [6.45, 7) is 2.70. The van der Waals surface area contributed by atoms with E-state index in [1.165, 1.54) is 4.90 Å². The van der Waals surface area contributed by atoms with Gasteiger partial charge < -0.3 is 14.6 Å². The van der Waals surface area contributed by atoms with Gasteiger partial charge in [-0.1, -0.05) is 11.6 Å². The SMILES string of the molecule is CCn1cnnc1CNC(=O)CN1C(=O)COc2ccc(Cl)cc21. The van der Waals surface area contributed by atoms with E-state index in [9.17, 15) is 9.59 Å². The van der Waals surface area contributed by atoms with E-state index in [0.717, 1.165) is 0 Å². The third-order valence-electron chi connectivity index (χ3n) is 3.65. The lowest BCUT2D eigenvalue weighted by Crippen LogP contribution is -2.45. The summed E-state index contributed by atoms with van der Waals surface area (Å²) in [6.07, 6.45) is 1.60. The summed E-state index contributed by atoms with van der Waals surface area (Å²) < 4.78 is 7.18. The molecule has 0 saturated carbocycles. The third kappa shape index (κ3) is 3.33. The van der Waals surface area contributed by atoms with Gasteiger partial charge >= 0.3 is 0 Å². The number of carbonyl (C=O) groups excluding carboxylic acids is 2. The number of anilines is 1. The first-order chi connectivity index (χ1) is 11.6. The minimum absolute atomic E-state index is 0.105. The van der Waals surface area contributed by atoms with Crippen LogP contribution in [0.2, 0.25) is 5.02 Å². The standard InChI is InChI=1S/C15H16ClN5O3/c1-2-20-9-18-19-13(20)6-17-14(22)7-21-11-5-10(16)3-4-12(11)24-8-15(21)23/h3-5,9H,2,6-8H2,1H3,(H,17,22). The van der Waals surface area contributed by atoms with Gasteiger partial charge in [0, 0.05) is 11.6 Å². The normalized spacial score (nSPS) is 13.4. The quantitative estimate of drug-likeness (QED) is 0.869. The lowest BCUT2D eigenvalue weighted by atomic mass is 10.2. The van der Waals surface area contributed by atoms with E-state index in [1.807, 2.05) is 11.5 Å². The van der Waals surface area contributed by atoms with E-state index in [-0.39, 0.29) is 31.5 Å². The van der Waals surface area contributed by atoms with E-state index in [0.29, 0.717) is 28.8 Å². The fourth-order valence-corrected chi connectivity index (χ4v) is 2.57. The number of ether oxygens (including phenoxy) is 1. The summed E-state index contributed by atoms with van der Waals surface area (Å²) in [5.74, 6) is 0.582. The van der Waals surface area contributed by atoms with Crippen molar-refractivity contribution in [2.75, 3.05) is 18.1 Å². The van der Waals surface area contributed by atoms with Crippen LogP contribution in [0.3, 0.4) is 0 Å². The van der Waals surface area contributed by atoms with Crippen LogP contribution in [0.15, 0.2) is 24.5 Å². The highest BCUT2D eigenvalue weighted by atomic mass is 35.5. The molecule has 0 fully saturated rings. The molecule has 2 amide bonds. The predicted octanol–water partition coefficient (Wildman–Crippen LogP) is 0.993. The summed E-state index contributed by atoms with van der Waals surface area (Å²) in [5.41, 5.74) is 0.491. The summed E-state index contributed by atoms with van der Waals surface area (Å²) >= 11 is 5.98. The number of aryl methyl sites for hydroxylation is 1. The number of hydrogen-bond acceptors (Lipinski definition) is 5. The molecule has 0 saturated heterocycles. The Kier molecular flexibility index (Phi) is 4.66. The van der Waals surface area contributed by atoms with Crippen molar-refractivity contribution >= 4 is 29.1 Å². The Hall–Kier alpha value is -2.61. The Bertz CT molecular complexity index is 776. The van der Waals surface area contributed by atoms with Crippen LogP contribution in [-0.4, -0.2) is 39.7 Å². The highest BCUT2D eigenvalue weighted by molar-refractivity contribution is 6.31. The van der Waals surface area contributed by atoms with Crippen molar-refractivity contribution in [2.45, 2.75) is 20.0 Å². The van der Waals surface area contributed by atoms with Crippen molar-refractivity contribution in [1.82, 2.24) is 20.1 Å². The molecule has 0 bridgehead atoms. The van der Waals surface area contributed by atoms with Gasteiger partial charge in [0.15, 0.2) is 12.4 Å². The second-order valence-electron chi connectivity index (χ2n) is 5.19. The molecule has 1 aliphatic rings. The summed E-state index contributed by atoms with van der Waals surface area (Å²) in [7, 11) is 0. The molecular formula is C15H16ClN5O3. The molecule has 2 heterocycles. The van der Waals surface area contributed by atoms with Crippen LogP contribution in [0.5, 0.6) is 5.75 Å². The average molecular weight is 350 g/mol. The van der Waals surface area contributed by atoms with E-state index in [4.69, 9.17) is 16.3 Å². The first kappa shape index (κ1) is 16.3. The molecule has 0 radical (unpaired) electrons. The van der Waals surface area contributed by atoms with Crippen LogP contribution in [0.4, 0.5) is 5.69 Å². The Morgan fingerprint density at radius 2 is 2.29 bits per heavy atom. The van der Waals surface area contributed by atoms with Crippen LogP contribution in [0.1, 0.15) is 12.7 Å². The van der Waals surface area contributed by atoms with Crippen LogP contribution in [-0.2, 0) is 22.7 Å². The van der Waals surface area contributed by atoms with Crippen LogP contribution >= 0.6 is 11.6 Å². The van der Waals surface area contributed by atoms with Gasteiger partial charge in [-0.3, -0.25) is 14.5 Å². The number of hydrogen-bond donors (Lipinski definition) is 1. The minimum Gasteiger partial charge on any atom is -0.482 e. The first-order valence-corrected chi connectivity index (χ1v) is 7.82. The lowest BCUT2D eigenvalue weighted by molar-refractivity contribution is -0.125. The topological polar surface area (TPSA) is 89.4 Å². The Balaban J connectivity index is 1.68. The van der Waals surface area contributed by atoms with Crippen molar-refractivity contribution in [3.05, 3.63) is 35.4 Å². The fourth-order valence-electron chi connectivity index (χ4n) is 2.41. The number of fused-ring (bicyclic) bond motifs is 1. The van der Waals surface area contributed by atoms with Crippen molar-refractivity contribution < 1.29 is 14.3 Å². The second-order valence-corrected chi connectivity index (χ2v) is 5.63. The van der Waals surface area contributed by atoms with Crippen LogP contribution < -0.4 is 15.0 Å². The molecule has 8 nitrogen and oxygen atoms in total. The Morgan fingerprint density at radius 1 is 1.46 bits per heavy atom. The number of nitrogens with one attached hydrogen (secondary N) is 1. The number of aromatic nitrogens is 3. The monoisotopic (exact) mass is 349 g/mol. The highest BCUT2D eigenvalue weighted by Gasteiger charge is 2.27. The van der Waals surface area contributed by atoms with Crippen molar-refractivity contribution in [1.29, 1.82) is 0 Å². The molecule has 1 aromatic carbocycles. The number of halogens is 1. The minimum atomic E-state index is -0.304. The second kappa shape index (κ2) is 6.88. The molecule has 9 heteroatoms. The Labute approximate surface area is 143 Å². The number of rotatable bonds is 5. The molecule has 0 spiro atoms. The molecule has 0 atom stereocenters. The maximum Gasteiger partial charge on any atom is 0.265 e. The Morgan fingerprint density at radius 3 is 3.08 bits per heavy atom. The summed E-state index contributed by atoms with van der Waals surface area (Å²) in [4.78, 5) is 25.7. The van der Waals surface area contributed by atoms with Crippen molar-refractivity contribution in [2.24, 2.45) is 0 Å². The highest BCUT2D eigenvalue weighted by Crippen LogP contribution is 2.34. The number of amides is 2. The number of nitrogens with zero attached hydrogens (tertiary/aromatic N) is 4. The van der Waals surface area contributed by atoms with E-state index in [1.54, 1.807) is 24.5 Å². The van der Waals surface area contributed by atoms with Crippen molar-refractivity contribution in [3.8, 4) is 5.75 Å². The zero-order chi connectivity index (χ0) is 17.1. The van der Waals surface area contributed by atoms with Gasteiger partial charge in [0.25, 0.3) is 5.91 Å². The number of benzene rings is 1. The smallest absolute Gasteiger partial charge is 0.265 e. The lowest BCUT2D eigenvalue weighted by Gasteiger charge is -2.28. The van der Waals surface area contributed by atoms with Crippen LogP contribution in [0.25, 0.3) is 0 Å². The molecular weight excluding hydrogens is 334 g/mol. The summed E-state index contributed by atoms with van der Waals surface area (Å²) in [5, 5.41) is 11.0. The average Bonchev–Trinajstić information content (AvgIpc) is 3.03. The van der Waals surface area contributed by atoms with E-state index in [2.05, 4.69) is 15.5 Å². The van der Waals surface area contributed by atoms with Gasteiger partial charge in [-0.25, -0.2) is 0 Å². The predicted molar refractivity (Wildman–Crippen MR) is 86.8 cm³/mol. The van der Waals surface area contributed by atoms with Gasteiger partial charge in [-0.05, 0) is 25.1 Å². The van der Waals surface area contributed by atoms with Gasteiger partial charge in [-0.2, -0.15) is 0 Å². The molecule has 2 aromatic rings. The fraction of sp³-hybridized carbons (Fsp3) is 0.333. The first-order valence-electron chi connectivity index (χ1n) is 7.44. The molecule has 3 rings (SSSR count). The zero-order valence-electron chi connectivity index (χ0n) is 13.0. The molecule has 1 aliphatic heterocycles. The molecule has 0 unspecified atom stereocenters. The van der Waals surface area contributed by atoms with Gasteiger partial charge in [0.05, 0.1) is 12.2 Å². The number of carbonyl (C=O) groups is 2.